The van der Waals surface area contributed by atoms with E-state index >= 15 is 0 Å². The van der Waals surface area contributed by atoms with Gasteiger partial charge < -0.3 is 15.2 Å². The minimum atomic E-state index is -0.0162. The Labute approximate surface area is 208 Å². The van der Waals surface area contributed by atoms with Crippen molar-refractivity contribution >= 4 is 33.7 Å². The van der Waals surface area contributed by atoms with Crippen LogP contribution in [0.5, 0.6) is 0 Å². The number of nitrogens with zero attached hydrogens (tertiary/aromatic N) is 1. The van der Waals surface area contributed by atoms with E-state index in [1.165, 1.54) is 59.6 Å². The second kappa shape index (κ2) is 11.4. The largest absolute Gasteiger partial charge is 0.361 e. The van der Waals surface area contributed by atoms with Gasteiger partial charge in [-0.15, -0.1) is 0 Å². The molecule has 35 heavy (non-hydrogen) atoms. The van der Waals surface area contributed by atoms with Crippen molar-refractivity contribution in [2.75, 3.05) is 26.2 Å². The molecule has 1 amide bonds. The molecule has 0 unspecified atom stereocenters. The first-order valence-electron chi connectivity index (χ1n) is 13.0. The highest BCUT2D eigenvalue weighted by molar-refractivity contribution is 5.93. The summed E-state index contributed by atoms with van der Waals surface area (Å²) in [5, 5.41) is 6.82. The summed E-state index contributed by atoms with van der Waals surface area (Å²) < 4.78 is 0. The highest BCUT2D eigenvalue weighted by atomic mass is 16.1. The predicted octanol–water partition coefficient (Wildman–Crippen LogP) is 6.50. The van der Waals surface area contributed by atoms with Crippen LogP contribution in [0, 0.1) is 0 Å². The highest BCUT2D eigenvalue weighted by Crippen LogP contribution is 2.33. The number of aromatic nitrogens is 1. The summed E-state index contributed by atoms with van der Waals surface area (Å²) in [5.74, 6) is 0.651. The lowest BCUT2D eigenvalue weighted by Gasteiger charge is -2.32. The number of hydrogen-bond donors (Lipinski definition) is 2. The lowest BCUT2D eigenvalue weighted by atomic mass is 9.89. The molecule has 0 radical (unpaired) electrons. The molecule has 4 nitrogen and oxygen atoms in total. The summed E-state index contributed by atoms with van der Waals surface area (Å²) in [6.07, 6.45) is 11.6. The molecule has 1 saturated heterocycles. The Morgan fingerprint density at radius 1 is 0.943 bits per heavy atom. The van der Waals surface area contributed by atoms with E-state index in [9.17, 15) is 4.79 Å². The van der Waals surface area contributed by atoms with E-state index in [1.54, 1.807) is 6.08 Å². The first-order chi connectivity index (χ1) is 17.3. The summed E-state index contributed by atoms with van der Waals surface area (Å²) in [4.78, 5) is 18.2. The van der Waals surface area contributed by atoms with Crippen molar-refractivity contribution < 1.29 is 4.79 Å². The van der Waals surface area contributed by atoms with Crippen molar-refractivity contribution in [1.82, 2.24) is 15.2 Å². The standard InChI is InChI=1S/C31H35N3O/c35-31(15-13-24-12-14-25-8-2-3-9-27(25)22-24)32-18-6-1-7-19-34-20-16-26(17-21-34)29-23-33-30-11-5-4-10-28(29)30/h2-5,8-15,22-23,26,33H,1,6-7,16-21H2,(H,32,35)/b15-13+. The fourth-order valence-electron chi connectivity index (χ4n) is 5.29. The molecule has 5 rings (SSSR count). The van der Waals surface area contributed by atoms with Crippen LogP contribution in [-0.2, 0) is 4.79 Å². The molecule has 3 aromatic carbocycles. The smallest absolute Gasteiger partial charge is 0.243 e. The third-order valence-corrected chi connectivity index (χ3v) is 7.30. The fourth-order valence-corrected chi connectivity index (χ4v) is 5.29. The van der Waals surface area contributed by atoms with Gasteiger partial charge >= 0.3 is 0 Å². The van der Waals surface area contributed by atoms with Gasteiger partial charge in [0.1, 0.15) is 0 Å². The maximum atomic E-state index is 12.2. The van der Waals surface area contributed by atoms with Crippen molar-refractivity contribution in [2.24, 2.45) is 0 Å². The van der Waals surface area contributed by atoms with E-state index in [-0.39, 0.29) is 5.91 Å². The summed E-state index contributed by atoms with van der Waals surface area (Å²) in [7, 11) is 0. The molecule has 0 spiro atoms. The van der Waals surface area contributed by atoms with Crippen LogP contribution in [0.1, 0.15) is 49.1 Å². The van der Waals surface area contributed by atoms with E-state index in [0.29, 0.717) is 5.92 Å². The average molecular weight is 466 g/mol. The molecule has 1 aliphatic rings. The quantitative estimate of drug-likeness (QED) is 0.219. The maximum absolute atomic E-state index is 12.2. The number of piperidine rings is 1. The second-order valence-electron chi connectivity index (χ2n) is 9.70. The van der Waals surface area contributed by atoms with Crippen LogP contribution in [-0.4, -0.2) is 42.0 Å². The van der Waals surface area contributed by atoms with E-state index in [2.05, 4.69) is 76.0 Å². The van der Waals surface area contributed by atoms with E-state index in [4.69, 9.17) is 0 Å². The Morgan fingerprint density at radius 2 is 1.74 bits per heavy atom. The van der Waals surface area contributed by atoms with Gasteiger partial charge in [0.2, 0.25) is 5.91 Å². The molecule has 2 N–H and O–H groups in total. The molecule has 1 aliphatic heterocycles. The molecular weight excluding hydrogens is 430 g/mol. The number of hydrogen-bond acceptors (Lipinski definition) is 2. The lowest BCUT2D eigenvalue weighted by molar-refractivity contribution is -0.116. The van der Waals surface area contributed by atoms with Gasteiger partial charge in [0.15, 0.2) is 0 Å². The number of likely N-dealkylation sites (tertiary alicyclic amines) is 1. The number of fused-ring (bicyclic) bond motifs is 2. The van der Waals surface area contributed by atoms with Crippen LogP contribution in [0.3, 0.4) is 0 Å². The average Bonchev–Trinajstić information content (AvgIpc) is 3.34. The van der Waals surface area contributed by atoms with Crippen molar-refractivity contribution in [3.63, 3.8) is 0 Å². The number of unbranched alkanes of at least 4 members (excludes halogenated alkanes) is 2. The molecular formula is C31H35N3O. The molecule has 2 heterocycles. The van der Waals surface area contributed by atoms with Crippen molar-refractivity contribution in [3.8, 4) is 0 Å². The molecule has 180 valence electrons. The van der Waals surface area contributed by atoms with Gasteiger partial charge in [-0.1, -0.05) is 61.0 Å². The van der Waals surface area contributed by atoms with Crippen molar-refractivity contribution in [2.45, 2.75) is 38.0 Å². The molecule has 1 fully saturated rings. The summed E-state index contributed by atoms with van der Waals surface area (Å²) in [6.45, 7) is 4.26. The first-order valence-corrected chi connectivity index (χ1v) is 13.0. The zero-order valence-electron chi connectivity index (χ0n) is 20.4. The Morgan fingerprint density at radius 3 is 2.63 bits per heavy atom. The summed E-state index contributed by atoms with van der Waals surface area (Å²) >= 11 is 0. The Kier molecular flexibility index (Phi) is 7.59. The molecule has 1 aromatic heterocycles. The molecule has 4 aromatic rings. The Balaban J connectivity index is 0.963. The zero-order valence-corrected chi connectivity index (χ0v) is 20.4. The van der Waals surface area contributed by atoms with E-state index in [1.807, 2.05) is 18.2 Å². The SMILES string of the molecule is O=C(/C=C/c1ccc2ccccc2c1)NCCCCCN1CCC(c2c[nH]c3ccccc23)CC1. The number of para-hydroxylation sites is 1. The van der Waals surface area contributed by atoms with Crippen LogP contribution in [0.4, 0.5) is 0 Å². The number of aromatic amines is 1. The monoisotopic (exact) mass is 465 g/mol. The molecule has 0 saturated carbocycles. The summed E-state index contributed by atoms with van der Waals surface area (Å²) in [5.41, 5.74) is 3.79. The highest BCUT2D eigenvalue weighted by Gasteiger charge is 2.22. The first kappa shape index (κ1) is 23.4. The molecule has 4 heteroatoms. The van der Waals surface area contributed by atoms with Gasteiger partial charge in [-0.2, -0.15) is 0 Å². The van der Waals surface area contributed by atoms with E-state index < -0.39 is 0 Å². The van der Waals surface area contributed by atoms with Gasteiger partial charge in [0.05, 0.1) is 0 Å². The number of carbonyl (C=O) groups is 1. The van der Waals surface area contributed by atoms with Crippen LogP contribution >= 0.6 is 0 Å². The minimum Gasteiger partial charge on any atom is -0.361 e. The van der Waals surface area contributed by atoms with Gasteiger partial charge in [-0.05, 0) is 91.3 Å². The second-order valence-corrected chi connectivity index (χ2v) is 9.70. The van der Waals surface area contributed by atoms with Gasteiger partial charge in [-0.25, -0.2) is 0 Å². The number of H-pyrrole nitrogens is 1. The molecule has 0 atom stereocenters. The number of benzene rings is 3. The number of nitrogens with one attached hydrogen (secondary N) is 2. The molecule has 0 aliphatic carbocycles. The van der Waals surface area contributed by atoms with Crippen LogP contribution in [0.15, 0.2) is 79.0 Å². The Hall–Kier alpha value is -3.37. The van der Waals surface area contributed by atoms with Gasteiger partial charge in [-0.3, -0.25) is 4.79 Å². The van der Waals surface area contributed by atoms with Crippen LogP contribution in [0.2, 0.25) is 0 Å². The van der Waals surface area contributed by atoms with Crippen molar-refractivity contribution in [3.05, 3.63) is 90.1 Å². The van der Waals surface area contributed by atoms with Gasteiger partial charge in [0.25, 0.3) is 0 Å². The maximum Gasteiger partial charge on any atom is 0.243 e. The molecule has 0 bridgehead atoms. The minimum absolute atomic E-state index is 0.0162. The number of rotatable bonds is 9. The summed E-state index contributed by atoms with van der Waals surface area (Å²) in [6, 6.07) is 23.2. The van der Waals surface area contributed by atoms with Crippen LogP contribution in [0.25, 0.3) is 27.8 Å². The van der Waals surface area contributed by atoms with E-state index in [0.717, 1.165) is 31.5 Å². The Bertz CT molecular complexity index is 1300. The topological polar surface area (TPSA) is 48.1 Å². The lowest BCUT2D eigenvalue weighted by Crippen LogP contribution is -2.33. The normalized spacial score (nSPS) is 15.3. The van der Waals surface area contributed by atoms with Gasteiger partial charge in [0, 0.05) is 29.7 Å². The zero-order chi connectivity index (χ0) is 23.9. The van der Waals surface area contributed by atoms with Crippen molar-refractivity contribution in [1.29, 1.82) is 0 Å². The third-order valence-electron chi connectivity index (χ3n) is 7.30. The predicted molar refractivity (Wildman–Crippen MR) is 147 cm³/mol. The number of carbonyl (C=O) groups excluding carboxylic acids is 1. The van der Waals surface area contributed by atoms with Crippen LogP contribution < -0.4 is 5.32 Å². The number of amides is 1. The fraction of sp³-hybridized carbons (Fsp3) is 0.323. The third kappa shape index (κ3) is 6.01.